The maximum atomic E-state index is 12.7. The summed E-state index contributed by atoms with van der Waals surface area (Å²) in [6.07, 6.45) is 4.72. The molecule has 0 radical (unpaired) electrons. The third-order valence-electron chi connectivity index (χ3n) is 4.72. The van der Waals surface area contributed by atoms with E-state index >= 15 is 0 Å². The van der Waals surface area contributed by atoms with Gasteiger partial charge in [0.1, 0.15) is 10.9 Å². The van der Waals surface area contributed by atoms with Crippen LogP contribution in [0, 0.1) is 17.2 Å². The Hall–Kier alpha value is -2.42. The van der Waals surface area contributed by atoms with Crippen LogP contribution in [0.2, 0.25) is 5.02 Å². The van der Waals surface area contributed by atoms with Gasteiger partial charge in [0.2, 0.25) is 0 Å². The molecule has 130 valence electrons. The zero-order chi connectivity index (χ0) is 18.3. The van der Waals surface area contributed by atoms with E-state index in [1.165, 1.54) is 4.88 Å². The number of H-pyrrole nitrogens is 1. The van der Waals surface area contributed by atoms with Gasteiger partial charge in [0.25, 0.3) is 5.56 Å². The van der Waals surface area contributed by atoms with Gasteiger partial charge in [-0.3, -0.25) is 4.79 Å². The second-order valence-electron chi connectivity index (χ2n) is 6.67. The molecule has 0 aliphatic heterocycles. The standard InChI is InChI=1S/C20H16ClN3OS/c1-11-2-7-15-16(8-11)26-20-17(15)19(25)23-18(24-20)13(10-22)9-12-3-5-14(21)6-4-12/h3-6,9,11H,2,7-8H2,1H3,(H,23,24,25)/b13-9+/t11-/m0/s1. The van der Waals surface area contributed by atoms with Gasteiger partial charge in [-0.2, -0.15) is 5.26 Å². The van der Waals surface area contributed by atoms with Crippen molar-refractivity contribution in [3.05, 3.63) is 61.5 Å². The van der Waals surface area contributed by atoms with Gasteiger partial charge in [-0.25, -0.2) is 4.98 Å². The number of nitriles is 1. The van der Waals surface area contributed by atoms with E-state index in [0.717, 1.165) is 35.2 Å². The molecule has 2 aromatic heterocycles. The monoisotopic (exact) mass is 381 g/mol. The number of hydrogen-bond acceptors (Lipinski definition) is 4. The van der Waals surface area contributed by atoms with Crippen LogP contribution >= 0.6 is 22.9 Å². The van der Waals surface area contributed by atoms with Crippen LogP contribution in [0.4, 0.5) is 0 Å². The van der Waals surface area contributed by atoms with Crippen molar-refractivity contribution in [1.82, 2.24) is 9.97 Å². The molecule has 1 atom stereocenters. The number of nitrogens with zero attached hydrogens (tertiary/aromatic N) is 2. The van der Waals surface area contributed by atoms with Gasteiger partial charge < -0.3 is 4.98 Å². The summed E-state index contributed by atoms with van der Waals surface area (Å²) in [5.41, 5.74) is 2.14. The predicted molar refractivity (Wildman–Crippen MR) is 106 cm³/mol. The SMILES string of the molecule is C[C@H]1CCc2c(sc3nc(/C(C#N)=C/c4ccc(Cl)cc4)[nH]c(=O)c23)C1. The van der Waals surface area contributed by atoms with Crippen LogP contribution in [0.3, 0.4) is 0 Å². The molecule has 0 unspecified atom stereocenters. The zero-order valence-electron chi connectivity index (χ0n) is 14.2. The normalized spacial score (nSPS) is 17.1. The highest BCUT2D eigenvalue weighted by molar-refractivity contribution is 7.18. The van der Waals surface area contributed by atoms with Crippen LogP contribution in [0.5, 0.6) is 0 Å². The number of allylic oxidation sites excluding steroid dienone is 1. The summed E-state index contributed by atoms with van der Waals surface area (Å²) in [5, 5.41) is 10.9. The van der Waals surface area contributed by atoms with Crippen molar-refractivity contribution in [1.29, 1.82) is 5.26 Å². The van der Waals surface area contributed by atoms with E-state index in [-0.39, 0.29) is 5.56 Å². The number of thiophene rings is 1. The second kappa shape index (κ2) is 6.71. The Balaban J connectivity index is 1.83. The molecule has 26 heavy (non-hydrogen) atoms. The number of nitrogens with one attached hydrogen (secondary N) is 1. The Kier molecular flexibility index (Phi) is 4.39. The zero-order valence-corrected chi connectivity index (χ0v) is 15.7. The maximum absolute atomic E-state index is 12.7. The highest BCUT2D eigenvalue weighted by atomic mass is 35.5. The van der Waals surface area contributed by atoms with E-state index in [9.17, 15) is 10.1 Å². The van der Waals surface area contributed by atoms with Gasteiger partial charge in [-0.05, 0) is 54.5 Å². The minimum atomic E-state index is -0.158. The Bertz CT molecular complexity index is 1120. The fourth-order valence-corrected chi connectivity index (χ4v) is 4.87. The van der Waals surface area contributed by atoms with E-state index in [1.54, 1.807) is 29.5 Å². The van der Waals surface area contributed by atoms with Crippen LogP contribution in [-0.4, -0.2) is 9.97 Å². The summed E-state index contributed by atoms with van der Waals surface area (Å²) in [7, 11) is 0. The van der Waals surface area contributed by atoms with Crippen molar-refractivity contribution in [3.8, 4) is 6.07 Å². The molecule has 3 aromatic rings. The van der Waals surface area contributed by atoms with E-state index in [2.05, 4.69) is 23.0 Å². The molecule has 1 N–H and O–H groups in total. The Labute approximate surface area is 159 Å². The number of aryl methyl sites for hydroxylation is 1. The number of halogens is 1. The molecule has 0 saturated heterocycles. The molecule has 0 bridgehead atoms. The van der Waals surface area contributed by atoms with Gasteiger partial charge >= 0.3 is 0 Å². The Morgan fingerprint density at radius 1 is 1.42 bits per heavy atom. The molecule has 0 saturated carbocycles. The number of rotatable bonds is 2. The molecule has 0 spiro atoms. The summed E-state index contributed by atoms with van der Waals surface area (Å²) in [6.45, 7) is 2.24. The molecule has 2 heterocycles. The Morgan fingerprint density at radius 2 is 2.19 bits per heavy atom. The number of benzene rings is 1. The quantitative estimate of drug-likeness (QED) is 0.646. The summed E-state index contributed by atoms with van der Waals surface area (Å²) in [5.74, 6) is 0.945. The second-order valence-corrected chi connectivity index (χ2v) is 8.19. The third-order valence-corrected chi connectivity index (χ3v) is 6.12. The van der Waals surface area contributed by atoms with Gasteiger partial charge in [0, 0.05) is 9.90 Å². The van der Waals surface area contributed by atoms with Crippen LogP contribution in [0.25, 0.3) is 21.9 Å². The minimum Gasteiger partial charge on any atom is -0.305 e. The molecule has 4 rings (SSSR count). The summed E-state index contributed by atoms with van der Waals surface area (Å²) < 4.78 is 0. The van der Waals surface area contributed by atoms with Crippen molar-refractivity contribution < 1.29 is 0 Å². The van der Waals surface area contributed by atoms with E-state index in [4.69, 9.17) is 11.6 Å². The van der Waals surface area contributed by atoms with Crippen molar-refractivity contribution in [2.45, 2.75) is 26.2 Å². The van der Waals surface area contributed by atoms with Crippen LogP contribution < -0.4 is 5.56 Å². The molecule has 1 aromatic carbocycles. The molecule has 4 nitrogen and oxygen atoms in total. The van der Waals surface area contributed by atoms with Crippen LogP contribution in [-0.2, 0) is 12.8 Å². The van der Waals surface area contributed by atoms with Crippen LogP contribution in [0.1, 0.15) is 35.2 Å². The van der Waals surface area contributed by atoms with Crippen LogP contribution in [0.15, 0.2) is 29.1 Å². The summed E-state index contributed by atoms with van der Waals surface area (Å²) in [4.78, 5) is 22.1. The fourth-order valence-electron chi connectivity index (χ4n) is 3.36. The lowest BCUT2D eigenvalue weighted by Gasteiger charge is -2.17. The first-order chi connectivity index (χ1) is 12.5. The van der Waals surface area contributed by atoms with Crippen molar-refractivity contribution >= 4 is 44.8 Å². The first kappa shape index (κ1) is 17.0. The largest absolute Gasteiger partial charge is 0.305 e. The number of aromatic nitrogens is 2. The van der Waals surface area contributed by atoms with E-state index in [0.29, 0.717) is 27.7 Å². The molecule has 0 fully saturated rings. The van der Waals surface area contributed by atoms with Gasteiger partial charge in [-0.15, -0.1) is 11.3 Å². The van der Waals surface area contributed by atoms with Gasteiger partial charge in [0.15, 0.2) is 5.82 Å². The number of fused-ring (bicyclic) bond motifs is 3. The summed E-state index contributed by atoms with van der Waals surface area (Å²) >= 11 is 7.48. The average molecular weight is 382 g/mol. The molecule has 6 heteroatoms. The van der Waals surface area contributed by atoms with Crippen molar-refractivity contribution in [3.63, 3.8) is 0 Å². The van der Waals surface area contributed by atoms with Gasteiger partial charge in [-0.1, -0.05) is 30.7 Å². The third kappa shape index (κ3) is 3.07. The topological polar surface area (TPSA) is 69.5 Å². The lowest BCUT2D eigenvalue weighted by atomic mass is 9.89. The lowest BCUT2D eigenvalue weighted by Crippen LogP contribution is -2.14. The minimum absolute atomic E-state index is 0.158. The van der Waals surface area contributed by atoms with Crippen molar-refractivity contribution in [2.75, 3.05) is 0 Å². The molecular formula is C20H16ClN3OS. The number of hydrogen-bond donors (Lipinski definition) is 1. The first-order valence-electron chi connectivity index (χ1n) is 8.47. The van der Waals surface area contributed by atoms with E-state index in [1.807, 2.05) is 12.1 Å². The molecule has 1 aliphatic rings. The molecule has 1 aliphatic carbocycles. The maximum Gasteiger partial charge on any atom is 0.260 e. The molecular weight excluding hydrogens is 366 g/mol. The molecule has 0 amide bonds. The number of aromatic amines is 1. The Morgan fingerprint density at radius 3 is 2.92 bits per heavy atom. The summed E-state index contributed by atoms with van der Waals surface area (Å²) in [6, 6.07) is 9.30. The first-order valence-corrected chi connectivity index (χ1v) is 9.67. The average Bonchev–Trinajstić information content (AvgIpc) is 2.98. The highest BCUT2D eigenvalue weighted by Crippen LogP contribution is 2.35. The fraction of sp³-hybridized carbons (Fsp3) is 0.250. The predicted octanol–water partition coefficient (Wildman–Crippen LogP) is 4.83. The van der Waals surface area contributed by atoms with Gasteiger partial charge in [0.05, 0.1) is 11.0 Å². The lowest BCUT2D eigenvalue weighted by molar-refractivity contribution is 0.509. The van der Waals surface area contributed by atoms with Crippen molar-refractivity contribution in [2.24, 2.45) is 5.92 Å². The van der Waals surface area contributed by atoms with E-state index < -0.39 is 0 Å². The smallest absolute Gasteiger partial charge is 0.260 e. The highest BCUT2D eigenvalue weighted by Gasteiger charge is 2.23.